The molecule has 0 fully saturated rings. The minimum atomic E-state index is -0.548. The van der Waals surface area contributed by atoms with E-state index in [1.54, 1.807) is 0 Å². The van der Waals surface area contributed by atoms with Crippen LogP contribution in [0.5, 0.6) is 0 Å². The van der Waals surface area contributed by atoms with Gasteiger partial charge in [0, 0.05) is 12.3 Å². The van der Waals surface area contributed by atoms with E-state index in [0.29, 0.717) is 15.7 Å². The molecule has 0 saturated heterocycles. The Bertz CT molecular complexity index is 363. The monoisotopic (exact) mass is 216 g/mol. The van der Waals surface area contributed by atoms with Crippen LogP contribution in [-0.4, -0.2) is 10.9 Å². The summed E-state index contributed by atoms with van der Waals surface area (Å²) in [7, 11) is 0. The average molecular weight is 217 g/mol. The molecule has 3 nitrogen and oxygen atoms in total. The van der Waals surface area contributed by atoms with Gasteiger partial charge >= 0.3 is 0 Å². The van der Waals surface area contributed by atoms with E-state index in [4.69, 9.17) is 28.9 Å². The highest BCUT2D eigenvalue weighted by molar-refractivity contribution is 6.35. The first-order chi connectivity index (χ1) is 6.09. The third-order valence-electron chi connectivity index (χ3n) is 1.24. The molecule has 0 aliphatic rings. The van der Waals surface area contributed by atoms with Crippen molar-refractivity contribution in [2.24, 2.45) is 5.73 Å². The number of carbonyl (C=O) groups is 1. The molecule has 1 heterocycles. The standard InChI is InChI=1S/C8H6Cl2N2O/c9-5-3-6(10)7(12-4-5)1-2-8(11)13/h1-4H,(H2,11,13). The number of hydrogen-bond acceptors (Lipinski definition) is 2. The Morgan fingerprint density at radius 1 is 1.54 bits per heavy atom. The summed E-state index contributed by atoms with van der Waals surface area (Å²) in [5, 5.41) is 0.825. The average Bonchev–Trinajstić information content (AvgIpc) is 2.02. The molecule has 2 N–H and O–H groups in total. The van der Waals surface area contributed by atoms with Crippen molar-refractivity contribution in [1.82, 2.24) is 4.98 Å². The number of halogens is 2. The van der Waals surface area contributed by atoms with E-state index < -0.39 is 5.91 Å². The van der Waals surface area contributed by atoms with Gasteiger partial charge in [-0.05, 0) is 12.1 Å². The van der Waals surface area contributed by atoms with Crippen LogP contribution in [-0.2, 0) is 4.79 Å². The molecule has 0 unspecified atom stereocenters. The Hall–Kier alpha value is -1.06. The van der Waals surface area contributed by atoms with Gasteiger partial charge in [0.15, 0.2) is 0 Å². The Labute approximate surface area is 85.2 Å². The number of aromatic nitrogens is 1. The van der Waals surface area contributed by atoms with Crippen LogP contribution in [0.4, 0.5) is 0 Å². The summed E-state index contributed by atoms with van der Waals surface area (Å²) in [6.07, 6.45) is 4.05. The second kappa shape index (κ2) is 4.25. The smallest absolute Gasteiger partial charge is 0.241 e. The van der Waals surface area contributed by atoms with Gasteiger partial charge in [-0.15, -0.1) is 0 Å². The van der Waals surface area contributed by atoms with Gasteiger partial charge in [0.2, 0.25) is 5.91 Å². The number of primary amides is 1. The highest BCUT2D eigenvalue weighted by Gasteiger charge is 1.98. The molecule has 0 bridgehead atoms. The van der Waals surface area contributed by atoms with Crippen LogP contribution < -0.4 is 5.73 Å². The maximum absolute atomic E-state index is 10.4. The normalized spacial score (nSPS) is 10.6. The van der Waals surface area contributed by atoms with Crippen molar-refractivity contribution in [2.75, 3.05) is 0 Å². The van der Waals surface area contributed by atoms with Gasteiger partial charge in [0.25, 0.3) is 0 Å². The molecule has 1 amide bonds. The number of nitrogens with zero attached hydrogens (tertiary/aromatic N) is 1. The van der Waals surface area contributed by atoms with Crippen molar-refractivity contribution in [3.63, 3.8) is 0 Å². The van der Waals surface area contributed by atoms with E-state index >= 15 is 0 Å². The molecular weight excluding hydrogens is 211 g/mol. The maximum Gasteiger partial charge on any atom is 0.241 e. The van der Waals surface area contributed by atoms with Crippen molar-refractivity contribution in [3.05, 3.63) is 34.1 Å². The van der Waals surface area contributed by atoms with Crippen molar-refractivity contribution >= 4 is 35.2 Å². The molecule has 1 aromatic rings. The molecule has 68 valence electrons. The summed E-state index contributed by atoms with van der Waals surface area (Å²) in [4.78, 5) is 14.3. The van der Waals surface area contributed by atoms with Gasteiger partial charge in [-0.3, -0.25) is 9.78 Å². The number of amides is 1. The zero-order valence-corrected chi connectivity index (χ0v) is 8.01. The molecule has 0 atom stereocenters. The van der Waals surface area contributed by atoms with E-state index in [9.17, 15) is 4.79 Å². The third kappa shape index (κ3) is 3.05. The molecule has 0 aliphatic heterocycles. The quantitative estimate of drug-likeness (QED) is 0.769. The first-order valence-corrected chi connectivity index (χ1v) is 4.14. The maximum atomic E-state index is 10.4. The lowest BCUT2D eigenvalue weighted by Crippen LogP contribution is -2.05. The van der Waals surface area contributed by atoms with Crippen LogP contribution in [0.1, 0.15) is 5.69 Å². The fourth-order valence-electron chi connectivity index (χ4n) is 0.709. The topological polar surface area (TPSA) is 56.0 Å². The van der Waals surface area contributed by atoms with Crippen LogP contribution >= 0.6 is 23.2 Å². The third-order valence-corrected chi connectivity index (χ3v) is 1.75. The van der Waals surface area contributed by atoms with Gasteiger partial charge in [-0.2, -0.15) is 0 Å². The summed E-state index contributed by atoms with van der Waals surface area (Å²) < 4.78 is 0. The van der Waals surface area contributed by atoms with Gasteiger partial charge in [0.05, 0.1) is 15.7 Å². The Balaban J connectivity index is 2.96. The second-order valence-corrected chi connectivity index (χ2v) is 3.10. The van der Waals surface area contributed by atoms with Crippen LogP contribution in [0.15, 0.2) is 18.3 Å². The number of pyridine rings is 1. The van der Waals surface area contributed by atoms with E-state index in [1.165, 1.54) is 24.4 Å². The molecule has 1 rings (SSSR count). The summed E-state index contributed by atoms with van der Waals surface area (Å²) in [5.41, 5.74) is 5.36. The Morgan fingerprint density at radius 2 is 2.23 bits per heavy atom. The minimum absolute atomic E-state index is 0.380. The van der Waals surface area contributed by atoms with Crippen LogP contribution in [0, 0.1) is 0 Å². The SMILES string of the molecule is NC(=O)C=Cc1ncc(Cl)cc1Cl. The molecule has 0 aliphatic carbocycles. The van der Waals surface area contributed by atoms with Gasteiger partial charge < -0.3 is 5.73 Å². The zero-order valence-electron chi connectivity index (χ0n) is 6.50. The number of hydrogen-bond donors (Lipinski definition) is 1. The molecular formula is C8H6Cl2N2O. The minimum Gasteiger partial charge on any atom is -0.366 e. The molecule has 0 aromatic carbocycles. The molecule has 0 radical (unpaired) electrons. The largest absolute Gasteiger partial charge is 0.366 e. The van der Waals surface area contributed by atoms with Crippen LogP contribution in [0.2, 0.25) is 10.0 Å². The van der Waals surface area contributed by atoms with Crippen LogP contribution in [0.25, 0.3) is 6.08 Å². The Morgan fingerprint density at radius 3 is 2.77 bits per heavy atom. The van der Waals surface area contributed by atoms with E-state index in [2.05, 4.69) is 4.98 Å². The zero-order chi connectivity index (χ0) is 9.84. The fraction of sp³-hybridized carbons (Fsp3) is 0. The summed E-state index contributed by atoms with van der Waals surface area (Å²) >= 11 is 11.4. The molecule has 0 saturated carbocycles. The van der Waals surface area contributed by atoms with Crippen molar-refractivity contribution in [1.29, 1.82) is 0 Å². The van der Waals surface area contributed by atoms with Crippen molar-refractivity contribution in [3.8, 4) is 0 Å². The first kappa shape index (κ1) is 10.0. The molecule has 5 heteroatoms. The summed E-state index contributed by atoms with van der Waals surface area (Å²) in [5.74, 6) is -0.548. The molecule has 0 spiro atoms. The van der Waals surface area contributed by atoms with Crippen LogP contribution in [0.3, 0.4) is 0 Å². The predicted molar refractivity (Wildman–Crippen MR) is 52.5 cm³/mol. The van der Waals surface area contributed by atoms with Gasteiger partial charge in [-0.1, -0.05) is 23.2 Å². The summed E-state index contributed by atoms with van der Waals surface area (Å²) in [6, 6.07) is 1.54. The predicted octanol–water partition coefficient (Wildman–Crippen LogP) is 1.89. The highest BCUT2D eigenvalue weighted by atomic mass is 35.5. The summed E-state index contributed by atoms with van der Waals surface area (Å²) in [6.45, 7) is 0. The van der Waals surface area contributed by atoms with E-state index in [1.807, 2.05) is 0 Å². The molecule has 1 aromatic heterocycles. The van der Waals surface area contributed by atoms with Crippen molar-refractivity contribution < 1.29 is 4.79 Å². The van der Waals surface area contributed by atoms with Gasteiger partial charge in [0.1, 0.15) is 0 Å². The second-order valence-electron chi connectivity index (χ2n) is 2.26. The van der Waals surface area contributed by atoms with E-state index in [0.717, 1.165) is 0 Å². The number of carbonyl (C=O) groups excluding carboxylic acids is 1. The molecule has 13 heavy (non-hydrogen) atoms. The van der Waals surface area contributed by atoms with Gasteiger partial charge in [-0.25, -0.2) is 0 Å². The Kier molecular flexibility index (Phi) is 3.28. The highest BCUT2D eigenvalue weighted by Crippen LogP contribution is 2.19. The lowest BCUT2D eigenvalue weighted by molar-refractivity contribution is -0.113. The van der Waals surface area contributed by atoms with Crippen molar-refractivity contribution in [2.45, 2.75) is 0 Å². The number of nitrogens with two attached hydrogens (primary N) is 1. The first-order valence-electron chi connectivity index (χ1n) is 3.38. The fourth-order valence-corrected chi connectivity index (χ4v) is 1.15. The lowest BCUT2D eigenvalue weighted by atomic mass is 10.3. The van der Waals surface area contributed by atoms with E-state index in [-0.39, 0.29) is 0 Å². The lowest BCUT2D eigenvalue weighted by Gasteiger charge is -1.96. The number of rotatable bonds is 2.